The van der Waals surface area contributed by atoms with Crippen LogP contribution in [0.25, 0.3) is 0 Å². The highest BCUT2D eigenvalue weighted by Crippen LogP contribution is 2.27. The predicted octanol–water partition coefficient (Wildman–Crippen LogP) is 2.49. The first-order chi connectivity index (χ1) is 11.3. The lowest BCUT2D eigenvalue weighted by Gasteiger charge is -2.31. The van der Waals surface area contributed by atoms with Gasteiger partial charge in [-0.25, -0.2) is 0 Å². The monoisotopic (exact) mass is 315 g/mol. The van der Waals surface area contributed by atoms with Crippen molar-refractivity contribution in [3.05, 3.63) is 35.9 Å². The van der Waals surface area contributed by atoms with Crippen LogP contribution < -0.4 is 5.32 Å². The summed E-state index contributed by atoms with van der Waals surface area (Å²) in [5.41, 5.74) is 1.57. The number of nitrogens with zero attached hydrogens (tertiary/aromatic N) is 2. The standard InChI is InChI=1S/C18H25N3O2/c1-2-10-21-11-8-15(9-12-21)19-18(22)16-13-17(23-20-16)14-6-4-3-5-7-14/h3-7,15,17H,2,8-13H2,1H3,(H,19,22)/t17-/m1/s1. The number of hydrogen-bond acceptors (Lipinski definition) is 4. The van der Waals surface area contributed by atoms with E-state index in [1.54, 1.807) is 0 Å². The summed E-state index contributed by atoms with van der Waals surface area (Å²) in [4.78, 5) is 20.3. The Hall–Kier alpha value is -1.88. The number of hydrogen-bond donors (Lipinski definition) is 1. The zero-order valence-corrected chi connectivity index (χ0v) is 13.7. The second-order valence-electron chi connectivity index (χ2n) is 6.34. The molecule has 1 aromatic carbocycles. The molecule has 0 aromatic heterocycles. The Labute approximate surface area is 137 Å². The summed E-state index contributed by atoms with van der Waals surface area (Å²) < 4.78 is 0. The van der Waals surface area contributed by atoms with Crippen LogP contribution in [0.3, 0.4) is 0 Å². The zero-order chi connectivity index (χ0) is 16.1. The fourth-order valence-electron chi connectivity index (χ4n) is 3.24. The average molecular weight is 315 g/mol. The molecule has 3 rings (SSSR count). The van der Waals surface area contributed by atoms with Gasteiger partial charge in [0.2, 0.25) is 0 Å². The Morgan fingerprint density at radius 2 is 2.04 bits per heavy atom. The van der Waals surface area contributed by atoms with Gasteiger partial charge in [0.25, 0.3) is 5.91 Å². The van der Waals surface area contributed by atoms with Crippen LogP contribution >= 0.6 is 0 Å². The Kier molecular flexibility index (Phi) is 5.28. The highest BCUT2D eigenvalue weighted by atomic mass is 16.6. The van der Waals surface area contributed by atoms with Gasteiger partial charge in [-0.05, 0) is 31.4 Å². The number of rotatable bonds is 5. The topological polar surface area (TPSA) is 53.9 Å². The SMILES string of the molecule is CCCN1CCC(NC(=O)C2=NO[C@@H](c3ccccc3)C2)CC1. The van der Waals surface area contributed by atoms with Crippen LogP contribution in [0.15, 0.2) is 35.5 Å². The summed E-state index contributed by atoms with van der Waals surface area (Å²) in [6, 6.07) is 10.2. The fraction of sp³-hybridized carbons (Fsp3) is 0.556. The van der Waals surface area contributed by atoms with Crippen molar-refractivity contribution in [1.82, 2.24) is 10.2 Å². The Morgan fingerprint density at radius 1 is 1.30 bits per heavy atom. The maximum Gasteiger partial charge on any atom is 0.269 e. The van der Waals surface area contributed by atoms with Gasteiger partial charge < -0.3 is 15.1 Å². The van der Waals surface area contributed by atoms with E-state index in [1.807, 2.05) is 30.3 Å². The van der Waals surface area contributed by atoms with Crippen LogP contribution in [0.5, 0.6) is 0 Å². The van der Waals surface area contributed by atoms with Gasteiger partial charge in [0.15, 0.2) is 6.10 Å². The van der Waals surface area contributed by atoms with Crippen LogP contribution in [0.2, 0.25) is 0 Å². The summed E-state index contributed by atoms with van der Waals surface area (Å²) in [5.74, 6) is -0.0719. The summed E-state index contributed by atoms with van der Waals surface area (Å²) in [7, 11) is 0. The first kappa shape index (κ1) is 16.0. The zero-order valence-electron chi connectivity index (χ0n) is 13.7. The van der Waals surface area contributed by atoms with E-state index < -0.39 is 0 Å². The molecule has 0 unspecified atom stereocenters. The summed E-state index contributed by atoms with van der Waals surface area (Å²) in [5, 5.41) is 7.12. The molecule has 0 aliphatic carbocycles. The third-order valence-corrected chi connectivity index (χ3v) is 4.56. The largest absolute Gasteiger partial charge is 0.387 e. The van der Waals surface area contributed by atoms with Gasteiger partial charge in [-0.2, -0.15) is 0 Å². The predicted molar refractivity (Wildman–Crippen MR) is 90.2 cm³/mol. The molecule has 1 atom stereocenters. The molecule has 0 radical (unpaired) electrons. The molecule has 2 heterocycles. The maximum atomic E-state index is 12.4. The number of likely N-dealkylation sites (tertiary alicyclic amines) is 1. The Bertz CT molecular complexity index is 551. The van der Waals surface area contributed by atoms with Crippen LogP contribution in [-0.2, 0) is 9.63 Å². The summed E-state index contributed by atoms with van der Waals surface area (Å²) in [6.07, 6.45) is 3.63. The molecule has 1 fully saturated rings. The van der Waals surface area contributed by atoms with Crippen molar-refractivity contribution in [3.63, 3.8) is 0 Å². The molecule has 5 heteroatoms. The minimum Gasteiger partial charge on any atom is -0.387 e. The van der Waals surface area contributed by atoms with Crippen molar-refractivity contribution < 1.29 is 9.63 Å². The van der Waals surface area contributed by atoms with Gasteiger partial charge in [-0.15, -0.1) is 0 Å². The fourth-order valence-corrected chi connectivity index (χ4v) is 3.24. The van der Waals surface area contributed by atoms with E-state index in [0.717, 1.165) is 38.0 Å². The number of carbonyl (C=O) groups is 1. The van der Waals surface area contributed by atoms with Crippen molar-refractivity contribution in [2.45, 2.75) is 44.8 Å². The van der Waals surface area contributed by atoms with Crippen molar-refractivity contribution in [1.29, 1.82) is 0 Å². The van der Waals surface area contributed by atoms with Gasteiger partial charge in [0.1, 0.15) is 5.71 Å². The van der Waals surface area contributed by atoms with E-state index >= 15 is 0 Å². The summed E-state index contributed by atoms with van der Waals surface area (Å²) in [6.45, 7) is 5.48. The first-order valence-corrected chi connectivity index (χ1v) is 8.57. The molecule has 1 N–H and O–H groups in total. The molecule has 2 aliphatic heterocycles. The minimum atomic E-state index is -0.136. The van der Waals surface area contributed by atoms with E-state index in [0.29, 0.717) is 12.1 Å². The van der Waals surface area contributed by atoms with E-state index in [4.69, 9.17) is 4.84 Å². The molecule has 23 heavy (non-hydrogen) atoms. The molecule has 1 saturated heterocycles. The van der Waals surface area contributed by atoms with Gasteiger partial charge >= 0.3 is 0 Å². The molecule has 2 aliphatic rings. The molecule has 124 valence electrons. The molecule has 1 amide bonds. The van der Waals surface area contributed by atoms with Gasteiger partial charge in [-0.3, -0.25) is 4.79 Å². The number of benzene rings is 1. The summed E-state index contributed by atoms with van der Waals surface area (Å²) >= 11 is 0. The van der Waals surface area contributed by atoms with E-state index in [-0.39, 0.29) is 18.1 Å². The van der Waals surface area contributed by atoms with Crippen molar-refractivity contribution >= 4 is 11.6 Å². The maximum absolute atomic E-state index is 12.4. The van der Waals surface area contributed by atoms with Crippen LogP contribution in [0, 0.1) is 0 Å². The number of oxime groups is 1. The molecular weight excluding hydrogens is 290 g/mol. The normalized spacial score (nSPS) is 22.5. The van der Waals surface area contributed by atoms with Crippen molar-refractivity contribution in [2.75, 3.05) is 19.6 Å². The second kappa shape index (κ2) is 7.59. The van der Waals surface area contributed by atoms with E-state index in [9.17, 15) is 4.79 Å². The molecule has 0 spiro atoms. The lowest BCUT2D eigenvalue weighted by atomic mass is 10.0. The number of nitrogens with one attached hydrogen (secondary N) is 1. The quantitative estimate of drug-likeness (QED) is 0.908. The van der Waals surface area contributed by atoms with Gasteiger partial charge in [-0.1, -0.05) is 42.4 Å². The first-order valence-electron chi connectivity index (χ1n) is 8.57. The van der Waals surface area contributed by atoms with Gasteiger partial charge in [0.05, 0.1) is 0 Å². The molecule has 0 bridgehead atoms. The Morgan fingerprint density at radius 3 is 2.74 bits per heavy atom. The molecule has 5 nitrogen and oxygen atoms in total. The van der Waals surface area contributed by atoms with Crippen molar-refractivity contribution in [3.8, 4) is 0 Å². The Balaban J connectivity index is 1.47. The van der Waals surface area contributed by atoms with Crippen LogP contribution in [0.1, 0.15) is 44.3 Å². The lowest BCUT2D eigenvalue weighted by molar-refractivity contribution is -0.115. The smallest absolute Gasteiger partial charge is 0.269 e. The highest BCUT2D eigenvalue weighted by molar-refractivity contribution is 6.39. The molecule has 1 aromatic rings. The van der Waals surface area contributed by atoms with Crippen LogP contribution in [0.4, 0.5) is 0 Å². The molecular formula is C18H25N3O2. The van der Waals surface area contributed by atoms with E-state index in [2.05, 4.69) is 22.3 Å². The number of piperidine rings is 1. The van der Waals surface area contributed by atoms with Crippen LogP contribution in [-0.4, -0.2) is 42.2 Å². The second-order valence-corrected chi connectivity index (χ2v) is 6.34. The third-order valence-electron chi connectivity index (χ3n) is 4.56. The minimum absolute atomic E-state index is 0.0719. The number of amides is 1. The highest BCUT2D eigenvalue weighted by Gasteiger charge is 2.29. The average Bonchev–Trinajstić information content (AvgIpc) is 3.08. The number of carbonyl (C=O) groups excluding carboxylic acids is 1. The lowest BCUT2D eigenvalue weighted by Crippen LogP contribution is -2.46. The van der Waals surface area contributed by atoms with E-state index in [1.165, 1.54) is 6.42 Å². The van der Waals surface area contributed by atoms with Crippen molar-refractivity contribution in [2.24, 2.45) is 5.16 Å². The third kappa shape index (κ3) is 4.10. The van der Waals surface area contributed by atoms with Gasteiger partial charge in [0, 0.05) is 25.6 Å². The molecule has 0 saturated carbocycles.